The molecule has 0 aromatic heterocycles. The van der Waals surface area contributed by atoms with Gasteiger partial charge < -0.3 is 9.47 Å². The van der Waals surface area contributed by atoms with E-state index in [1.54, 1.807) is 14.0 Å². The molecule has 5 saturated carbocycles. The van der Waals surface area contributed by atoms with Gasteiger partial charge in [0.15, 0.2) is 0 Å². The number of esters is 2. The summed E-state index contributed by atoms with van der Waals surface area (Å²) in [6.07, 6.45) is 11.5. The molecular weight excluding hydrogens is 460 g/mol. The van der Waals surface area contributed by atoms with E-state index >= 15 is 0 Å². The van der Waals surface area contributed by atoms with Gasteiger partial charge in [-0.05, 0) is 116 Å². The Balaban J connectivity index is 1.52. The zero-order valence-corrected chi connectivity index (χ0v) is 25.2. The Labute approximate surface area is 226 Å². The predicted octanol–water partition coefficient (Wildman–Crippen LogP) is 7.83. The second-order valence-corrected chi connectivity index (χ2v) is 15.7. The summed E-state index contributed by atoms with van der Waals surface area (Å²) in [6.45, 7) is 19.1. The van der Waals surface area contributed by atoms with Gasteiger partial charge in [0.25, 0.3) is 0 Å². The van der Waals surface area contributed by atoms with Gasteiger partial charge in [-0.3, -0.25) is 9.59 Å². The minimum atomic E-state index is -0.279. The van der Waals surface area contributed by atoms with Crippen LogP contribution in [0.15, 0.2) is 0 Å². The van der Waals surface area contributed by atoms with E-state index < -0.39 is 0 Å². The van der Waals surface area contributed by atoms with E-state index in [1.807, 2.05) is 0 Å². The fourth-order valence-electron chi connectivity index (χ4n) is 12.2. The van der Waals surface area contributed by atoms with Gasteiger partial charge in [-0.2, -0.15) is 0 Å². The molecule has 4 heteroatoms. The summed E-state index contributed by atoms with van der Waals surface area (Å²) >= 11 is 0. The van der Waals surface area contributed by atoms with Gasteiger partial charge >= 0.3 is 11.9 Å². The van der Waals surface area contributed by atoms with Crippen molar-refractivity contribution in [3.8, 4) is 0 Å². The van der Waals surface area contributed by atoms with Crippen LogP contribution >= 0.6 is 0 Å². The monoisotopic (exact) mass is 514 g/mol. The quantitative estimate of drug-likeness (QED) is 0.352. The molecule has 5 aliphatic rings. The maximum atomic E-state index is 13.5. The van der Waals surface area contributed by atoms with Crippen molar-refractivity contribution in [2.45, 2.75) is 126 Å². The molecule has 0 heterocycles. The third-order valence-corrected chi connectivity index (χ3v) is 14.4. The Morgan fingerprint density at radius 3 is 2.11 bits per heavy atom. The first kappa shape index (κ1) is 27.5. The normalized spacial score (nSPS) is 52.5. The molecule has 0 spiro atoms. The number of methoxy groups -OCH3 is 1. The zero-order valence-electron chi connectivity index (χ0n) is 25.2. The summed E-state index contributed by atoms with van der Waals surface area (Å²) in [5.74, 6) is 3.44. The van der Waals surface area contributed by atoms with Crippen LogP contribution < -0.4 is 0 Å². The van der Waals surface area contributed by atoms with Crippen LogP contribution in [-0.2, 0) is 19.1 Å². The van der Waals surface area contributed by atoms with Crippen molar-refractivity contribution in [2.75, 3.05) is 7.11 Å². The Kier molecular flexibility index (Phi) is 6.48. The minimum Gasteiger partial charge on any atom is -0.469 e. The lowest BCUT2D eigenvalue weighted by atomic mass is 9.31. The van der Waals surface area contributed by atoms with E-state index in [9.17, 15) is 9.59 Å². The van der Waals surface area contributed by atoms with Crippen LogP contribution in [0.1, 0.15) is 120 Å². The van der Waals surface area contributed by atoms with Crippen LogP contribution in [0.25, 0.3) is 0 Å². The first-order valence-corrected chi connectivity index (χ1v) is 15.4. The molecule has 37 heavy (non-hydrogen) atoms. The third kappa shape index (κ3) is 3.51. The lowest BCUT2D eigenvalue weighted by Gasteiger charge is -2.73. The molecule has 0 unspecified atom stereocenters. The van der Waals surface area contributed by atoms with E-state index in [0.717, 1.165) is 38.5 Å². The smallest absolute Gasteiger partial charge is 0.312 e. The van der Waals surface area contributed by atoms with Crippen LogP contribution in [0.5, 0.6) is 0 Å². The molecule has 0 aliphatic heterocycles. The van der Waals surface area contributed by atoms with Gasteiger partial charge in [0.2, 0.25) is 0 Å². The SMILES string of the molecule is COC(=O)[C@@]12CC[C@@H](C)[C@H](C)[C@H]1[C@@H]1CC[C@@H]3[C@@]4(C)CC[C@H](OC(C)=O)C(C)(C)[C@@H]4CC[C@@]3(C)[C@]1(C)CC2. The first-order chi connectivity index (χ1) is 17.2. The van der Waals surface area contributed by atoms with Crippen LogP contribution in [0.4, 0.5) is 0 Å². The van der Waals surface area contributed by atoms with Crippen LogP contribution in [0, 0.1) is 62.6 Å². The van der Waals surface area contributed by atoms with Crippen molar-refractivity contribution in [2.24, 2.45) is 62.6 Å². The van der Waals surface area contributed by atoms with Gasteiger partial charge in [0.05, 0.1) is 12.5 Å². The molecule has 0 saturated heterocycles. The largest absolute Gasteiger partial charge is 0.469 e. The molecule has 210 valence electrons. The number of carbonyl (C=O) groups excluding carboxylic acids is 2. The van der Waals surface area contributed by atoms with E-state index in [4.69, 9.17) is 9.47 Å². The number of fused-ring (bicyclic) bond motifs is 7. The average molecular weight is 515 g/mol. The molecule has 5 rings (SSSR count). The highest BCUT2D eigenvalue weighted by atomic mass is 16.5. The molecule has 0 bridgehead atoms. The fourth-order valence-corrected chi connectivity index (χ4v) is 12.2. The van der Waals surface area contributed by atoms with Gasteiger partial charge in [-0.15, -0.1) is 0 Å². The van der Waals surface area contributed by atoms with E-state index in [0.29, 0.717) is 35.5 Å². The Hall–Kier alpha value is -1.06. The fraction of sp³-hybridized carbons (Fsp3) is 0.939. The molecule has 0 N–H and O–H groups in total. The highest BCUT2D eigenvalue weighted by Crippen LogP contribution is 2.77. The average Bonchev–Trinajstić information content (AvgIpc) is 2.83. The molecule has 0 aromatic carbocycles. The van der Waals surface area contributed by atoms with Crippen molar-refractivity contribution in [1.82, 2.24) is 0 Å². The Bertz CT molecular complexity index is 941. The molecule has 4 nitrogen and oxygen atoms in total. The lowest BCUT2D eigenvalue weighted by molar-refractivity contribution is -0.260. The maximum Gasteiger partial charge on any atom is 0.312 e. The number of rotatable bonds is 2. The van der Waals surface area contributed by atoms with E-state index in [-0.39, 0.29) is 45.1 Å². The molecular formula is C33H54O4. The molecule has 0 aromatic rings. The minimum absolute atomic E-state index is 0.00231. The second-order valence-electron chi connectivity index (χ2n) is 15.7. The Morgan fingerprint density at radius 2 is 1.46 bits per heavy atom. The standard InChI is InChI=1S/C33H54O4/c1-20-12-17-33(28(35)36-9)19-18-31(7)23(27(33)21(20)2)10-11-25-30(6)15-14-26(37-22(3)34)29(4,5)24(30)13-16-32(25,31)8/h20-21,23-27H,10-19H2,1-9H3/t20-,21+,23+,24+,25-,26+,27+,30+,31-,32-,33-/m1/s1. The summed E-state index contributed by atoms with van der Waals surface area (Å²) in [4.78, 5) is 25.4. The van der Waals surface area contributed by atoms with Gasteiger partial charge in [0, 0.05) is 12.3 Å². The topological polar surface area (TPSA) is 52.6 Å². The van der Waals surface area contributed by atoms with Gasteiger partial charge in [-0.25, -0.2) is 0 Å². The molecule has 5 aliphatic carbocycles. The predicted molar refractivity (Wildman–Crippen MR) is 147 cm³/mol. The highest BCUT2D eigenvalue weighted by Gasteiger charge is 2.71. The molecule has 5 fully saturated rings. The van der Waals surface area contributed by atoms with Crippen LogP contribution in [0.2, 0.25) is 0 Å². The van der Waals surface area contributed by atoms with Crippen LogP contribution in [-0.4, -0.2) is 25.2 Å². The zero-order chi connectivity index (χ0) is 27.2. The summed E-state index contributed by atoms with van der Waals surface area (Å²) < 4.78 is 11.5. The summed E-state index contributed by atoms with van der Waals surface area (Å²) in [5.41, 5.74) is 0.503. The number of carbonyl (C=O) groups is 2. The molecule has 0 amide bonds. The van der Waals surface area contributed by atoms with Crippen molar-refractivity contribution in [3.05, 3.63) is 0 Å². The van der Waals surface area contributed by atoms with Gasteiger partial charge in [0.1, 0.15) is 6.10 Å². The third-order valence-electron chi connectivity index (χ3n) is 14.4. The summed E-state index contributed by atoms with van der Waals surface area (Å²) in [5, 5.41) is 0. The lowest BCUT2D eigenvalue weighted by Crippen LogP contribution is -2.68. The highest BCUT2D eigenvalue weighted by molar-refractivity contribution is 5.77. The summed E-state index contributed by atoms with van der Waals surface area (Å²) in [7, 11) is 1.61. The number of ether oxygens (including phenoxy) is 2. The van der Waals surface area contributed by atoms with Crippen molar-refractivity contribution in [3.63, 3.8) is 0 Å². The number of hydrogen-bond donors (Lipinski definition) is 0. The van der Waals surface area contributed by atoms with E-state index in [1.165, 1.54) is 25.7 Å². The van der Waals surface area contributed by atoms with Crippen molar-refractivity contribution < 1.29 is 19.1 Å². The second kappa shape index (κ2) is 8.72. The Morgan fingerprint density at radius 1 is 0.757 bits per heavy atom. The van der Waals surface area contributed by atoms with Gasteiger partial charge in [-0.1, -0.05) is 48.5 Å². The van der Waals surface area contributed by atoms with E-state index in [2.05, 4.69) is 48.5 Å². The van der Waals surface area contributed by atoms with Crippen LogP contribution in [0.3, 0.4) is 0 Å². The maximum absolute atomic E-state index is 13.5. The number of hydrogen-bond acceptors (Lipinski definition) is 4. The van der Waals surface area contributed by atoms with Crippen molar-refractivity contribution in [1.29, 1.82) is 0 Å². The molecule has 0 radical (unpaired) electrons. The first-order valence-electron chi connectivity index (χ1n) is 15.4. The molecule has 11 atom stereocenters. The van der Waals surface area contributed by atoms with Crippen molar-refractivity contribution >= 4 is 11.9 Å². The summed E-state index contributed by atoms with van der Waals surface area (Å²) in [6, 6.07) is 0.